The number of carbonyl (C=O) groups excluding carboxylic acids is 1. The molecule has 0 heterocycles. The number of methoxy groups -OCH3 is 1. The second-order valence-electron chi connectivity index (χ2n) is 4.29. The van der Waals surface area contributed by atoms with Crippen LogP contribution >= 0.6 is 15.9 Å². The third-order valence-electron chi connectivity index (χ3n) is 2.79. The topological polar surface area (TPSA) is 38.3 Å². The van der Waals surface area contributed by atoms with Crippen LogP contribution in [-0.4, -0.2) is 13.0 Å². The van der Waals surface area contributed by atoms with Gasteiger partial charge in [-0.05, 0) is 58.7 Å². The van der Waals surface area contributed by atoms with Gasteiger partial charge in [0.2, 0.25) is 0 Å². The van der Waals surface area contributed by atoms with E-state index in [1.54, 1.807) is 44.4 Å². The van der Waals surface area contributed by atoms with Crippen molar-refractivity contribution in [2.75, 3.05) is 12.4 Å². The van der Waals surface area contributed by atoms with E-state index in [0.717, 1.165) is 5.56 Å². The third-order valence-corrected chi connectivity index (χ3v) is 3.41. The van der Waals surface area contributed by atoms with E-state index in [1.165, 1.54) is 6.07 Å². The molecule has 0 radical (unpaired) electrons. The molecular weight excluding hydrogens is 325 g/mol. The lowest BCUT2D eigenvalue weighted by molar-refractivity contribution is 0.102. The molecule has 2 aromatic rings. The molecule has 5 heteroatoms. The highest BCUT2D eigenvalue weighted by Gasteiger charge is 2.11. The maximum atomic E-state index is 13.7. The average molecular weight is 338 g/mol. The van der Waals surface area contributed by atoms with Crippen molar-refractivity contribution in [3.8, 4) is 5.75 Å². The minimum atomic E-state index is -0.453. The van der Waals surface area contributed by atoms with Crippen molar-refractivity contribution in [2.45, 2.75) is 6.92 Å². The van der Waals surface area contributed by atoms with E-state index in [0.29, 0.717) is 15.8 Å². The second-order valence-corrected chi connectivity index (χ2v) is 5.14. The molecule has 0 saturated carbocycles. The summed E-state index contributed by atoms with van der Waals surface area (Å²) in [5.74, 6) is -0.204. The minimum absolute atomic E-state index is 0.160. The van der Waals surface area contributed by atoms with E-state index in [4.69, 9.17) is 4.74 Å². The van der Waals surface area contributed by atoms with Crippen LogP contribution in [-0.2, 0) is 0 Å². The zero-order chi connectivity index (χ0) is 14.7. The summed E-state index contributed by atoms with van der Waals surface area (Å²) in [7, 11) is 1.54. The fourth-order valence-corrected chi connectivity index (χ4v) is 2.26. The molecule has 0 fully saturated rings. The highest BCUT2D eigenvalue weighted by atomic mass is 79.9. The smallest absolute Gasteiger partial charge is 0.255 e. The molecule has 2 aromatic carbocycles. The summed E-state index contributed by atoms with van der Waals surface area (Å²) < 4.78 is 19.4. The van der Waals surface area contributed by atoms with Gasteiger partial charge in [0.1, 0.15) is 11.6 Å². The standard InChI is InChI=1S/C15H13BrFNO2/c1-9-3-5-13(12(17)7-9)18-15(19)10-4-6-14(20-2)11(16)8-10/h3-8H,1-2H3,(H,18,19). The van der Waals surface area contributed by atoms with Crippen LogP contribution in [0.5, 0.6) is 5.75 Å². The van der Waals surface area contributed by atoms with Crippen LogP contribution in [0, 0.1) is 12.7 Å². The number of carbonyl (C=O) groups is 1. The Morgan fingerprint density at radius 3 is 2.60 bits per heavy atom. The predicted octanol–water partition coefficient (Wildman–Crippen LogP) is 4.16. The number of benzene rings is 2. The molecule has 0 unspecified atom stereocenters. The Morgan fingerprint density at radius 1 is 1.25 bits per heavy atom. The fourth-order valence-electron chi connectivity index (χ4n) is 1.72. The number of aryl methyl sites for hydroxylation is 1. The van der Waals surface area contributed by atoms with Gasteiger partial charge >= 0.3 is 0 Å². The molecule has 0 aliphatic carbocycles. The molecule has 0 aromatic heterocycles. The Hall–Kier alpha value is -1.88. The number of hydrogen-bond donors (Lipinski definition) is 1. The summed E-state index contributed by atoms with van der Waals surface area (Å²) in [6.07, 6.45) is 0. The van der Waals surface area contributed by atoms with Gasteiger partial charge in [0.25, 0.3) is 5.91 Å². The molecule has 0 spiro atoms. The summed E-state index contributed by atoms with van der Waals surface area (Å²) in [4.78, 5) is 12.1. The lowest BCUT2D eigenvalue weighted by Crippen LogP contribution is -2.13. The van der Waals surface area contributed by atoms with Crippen LogP contribution in [0.15, 0.2) is 40.9 Å². The first kappa shape index (κ1) is 14.5. The largest absolute Gasteiger partial charge is 0.496 e. The number of ether oxygens (including phenoxy) is 1. The van der Waals surface area contributed by atoms with Crippen LogP contribution < -0.4 is 10.1 Å². The Morgan fingerprint density at radius 2 is 2.00 bits per heavy atom. The summed E-state index contributed by atoms with van der Waals surface area (Å²) in [6, 6.07) is 9.57. The summed E-state index contributed by atoms with van der Waals surface area (Å²) >= 11 is 3.31. The van der Waals surface area contributed by atoms with Crippen molar-refractivity contribution >= 4 is 27.5 Å². The van der Waals surface area contributed by atoms with E-state index in [9.17, 15) is 9.18 Å². The Labute approximate surface area is 124 Å². The summed E-state index contributed by atoms with van der Waals surface area (Å²) in [6.45, 7) is 1.79. The highest BCUT2D eigenvalue weighted by molar-refractivity contribution is 9.10. The molecule has 0 aliphatic heterocycles. The molecule has 0 atom stereocenters. The minimum Gasteiger partial charge on any atom is -0.496 e. The molecule has 20 heavy (non-hydrogen) atoms. The van der Waals surface area contributed by atoms with E-state index in [-0.39, 0.29) is 11.6 Å². The first-order chi connectivity index (χ1) is 9.51. The summed E-state index contributed by atoms with van der Waals surface area (Å²) in [5.41, 5.74) is 1.37. The third kappa shape index (κ3) is 3.17. The Kier molecular flexibility index (Phi) is 4.39. The SMILES string of the molecule is COc1ccc(C(=O)Nc2ccc(C)cc2F)cc1Br. The lowest BCUT2D eigenvalue weighted by Gasteiger charge is -2.09. The van der Waals surface area contributed by atoms with Crippen LogP contribution in [0.4, 0.5) is 10.1 Å². The van der Waals surface area contributed by atoms with Crippen LogP contribution in [0.3, 0.4) is 0 Å². The predicted molar refractivity (Wildman–Crippen MR) is 79.8 cm³/mol. The van der Waals surface area contributed by atoms with Gasteiger partial charge in [-0.2, -0.15) is 0 Å². The van der Waals surface area contributed by atoms with Crippen molar-refractivity contribution in [3.05, 3.63) is 57.8 Å². The van der Waals surface area contributed by atoms with Gasteiger partial charge in [0.05, 0.1) is 17.3 Å². The molecule has 3 nitrogen and oxygen atoms in total. The van der Waals surface area contributed by atoms with Gasteiger partial charge < -0.3 is 10.1 Å². The zero-order valence-electron chi connectivity index (χ0n) is 11.0. The normalized spacial score (nSPS) is 10.2. The molecule has 2 rings (SSSR count). The number of nitrogens with one attached hydrogen (secondary N) is 1. The second kappa shape index (κ2) is 6.05. The number of hydrogen-bond acceptors (Lipinski definition) is 2. The maximum Gasteiger partial charge on any atom is 0.255 e. The number of amides is 1. The van der Waals surface area contributed by atoms with Crippen molar-refractivity contribution in [1.82, 2.24) is 0 Å². The van der Waals surface area contributed by atoms with Gasteiger partial charge in [0, 0.05) is 5.56 Å². The van der Waals surface area contributed by atoms with E-state index in [2.05, 4.69) is 21.2 Å². The molecular formula is C15H13BrFNO2. The fraction of sp³-hybridized carbons (Fsp3) is 0.133. The first-order valence-corrected chi connectivity index (χ1v) is 6.71. The van der Waals surface area contributed by atoms with E-state index < -0.39 is 5.82 Å². The van der Waals surface area contributed by atoms with Crippen LogP contribution in [0.1, 0.15) is 15.9 Å². The van der Waals surface area contributed by atoms with Gasteiger partial charge in [-0.15, -0.1) is 0 Å². The maximum absolute atomic E-state index is 13.7. The van der Waals surface area contributed by atoms with Crippen LogP contribution in [0.2, 0.25) is 0 Å². The molecule has 1 amide bonds. The van der Waals surface area contributed by atoms with Gasteiger partial charge in [-0.1, -0.05) is 6.07 Å². The summed E-state index contributed by atoms with van der Waals surface area (Å²) in [5, 5.41) is 2.54. The number of halogens is 2. The van der Waals surface area contributed by atoms with Gasteiger partial charge in [-0.3, -0.25) is 4.79 Å². The Bertz CT molecular complexity index is 658. The van der Waals surface area contributed by atoms with Crippen molar-refractivity contribution in [1.29, 1.82) is 0 Å². The highest BCUT2D eigenvalue weighted by Crippen LogP contribution is 2.26. The number of anilines is 1. The van der Waals surface area contributed by atoms with E-state index in [1.807, 2.05) is 0 Å². The monoisotopic (exact) mass is 337 g/mol. The first-order valence-electron chi connectivity index (χ1n) is 5.92. The van der Waals surface area contributed by atoms with E-state index >= 15 is 0 Å². The average Bonchev–Trinajstić information content (AvgIpc) is 2.41. The lowest BCUT2D eigenvalue weighted by atomic mass is 10.2. The quantitative estimate of drug-likeness (QED) is 0.913. The van der Waals surface area contributed by atoms with Crippen molar-refractivity contribution < 1.29 is 13.9 Å². The molecule has 1 N–H and O–H groups in total. The molecule has 0 saturated heterocycles. The number of rotatable bonds is 3. The van der Waals surface area contributed by atoms with Crippen molar-refractivity contribution in [3.63, 3.8) is 0 Å². The zero-order valence-corrected chi connectivity index (χ0v) is 12.6. The molecule has 0 aliphatic rings. The van der Waals surface area contributed by atoms with Crippen LogP contribution in [0.25, 0.3) is 0 Å². The molecule has 104 valence electrons. The Balaban J connectivity index is 2.21. The van der Waals surface area contributed by atoms with Gasteiger partial charge in [0.15, 0.2) is 0 Å². The van der Waals surface area contributed by atoms with Crippen molar-refractivity contribution in [2.24, 2.45) is 0 Å². The molecule has 0 bridgehead atoms. The van der Waals surface area contributed by atoms with Gasteiger partial charge in [-0.25, -0.2) is 4.39 Å².